The van der Waals surface area contributed by atoms with Crippen LogP contribution in [0, 0.1) is 0 Å². The third-order valence-electron chi connectivity index (χ3n) is 5.01. The molecule has 1 aromatic rings. The quantitative estimate of drug-likeness (QED) is 0.922. The molecule has 0 spiro atoms. The smallest absolute Gasteiger partial charge is 0.231 e. The fraction of sp³-hybridized carbons (Fsp3) is 0.588. The predicted octanol–water partition coefficient (Wildman–Crippen LogP) is 1.87. The topological polar surface area (TPSA) is 50.8 Å². The van der Waals surface area contributed by atoms with Gasteiger partial charge in [0.1, 0.15) is 0 Å². The van der Waals surface area contributed by atoms with E-state index in [1.54, 1.807) is 0 Å². The fourth-order valence-corrected chi connectivity index (χ4v) is 3.71. The summed E-state index contributed by atoms with van der Waals surface area (Å²) in [5, 5.41) is 3.60. The molecule has 2 unspecified atom stereocenters. The number of benzene rings is 1. The highest BCUT2D eigenvalue weighted by molar-refractivity contribution is 5.78. The molecule has 5 heteroatoms. The molecule has 1 N–H and O–H groups in total. The van der Waals surface area contributed by atoms with E-state index in [0.717, 1.165) is 56.8 Å². The van der Waals surface area contributed by atoms with E-state index in [4.69, 9.17) is 9.47 Å². The average Bonchev–Trinajstić information content (AvgIpc) is 3.25. The first-order valence-corrected chi connectivity index (χ1v) is 8.20. The summed E-state index contributed by atoms with van der Waals surface area (Å²) in [6, 6.07) is 6.77. The Morgan fingerprint density at radius 2 is 2.18 bits per heavy atom. The van der Waals surface area contributed by atoms with Gasteiger partial charge in [0.2, 0.25) is 12.7 Å². The molecule has 0 bridgehead atoms. The van der Waals surface area contributed by atoms with Gasteiger partial charge < -0.3 is 19.7 Å². The SMILES string of the molecule is O=C1CCCN1CCC1CC(c2ccc3c(c2)OCO3)CN1. The molecule has 0 aromatic heterocycles. The molecule has 2 atom stereocenters. The Morgan fingerprint density at radius 3 is 3.05 bits per heavy atom. The Kier molecular flexibility index (Phi) is 3.66. The lowest BCUT2D eigenvalue weighted by molar-refractivity contribution is -0.127. The Labute approximate surface area is 130 Å². The molecular formula is C17H22N2O3. The molecule has 4 rings (SSSR count). The van der Waals surface area contributed by atoms with Crippen molar-refractivity contribution in [3.63, 3.8) is 0 Å². The molecule has 22 heavy (non-hydrogen) atoms. The van der Waals surface area contributed by atoms with Crippen LogP contribution in [0.5, 0.6) is 11.5 Å². The maximum Gasteiger partial charge on any atom is 0.231 e. The number of hydrogen-bond donors (Lipinski definition) is 1. The van der Waals surface area contributed by atoms with Crippen molar-refractivity contribution in [2.75, 3.05) is 26.4 Å². The van der Waals surface area contributed by atoms with Gasteiger partial charge in [-0.2, -0.15) is 0 Å². The third-order valence-corrected chi connectivity index (χ3v) is 5.01. The zero-order valence-corrected chi connectivity index (χ0v) is 12.7. The van der Waals surface area contributed by atoms with E-state index in [1.807, 2.05) is 11.0 Å². The minimum absolute atomic E-state index is 0.324. The van der Waals surface area contributed by atoms with Crippen LogP contribution in [-0.4, -0.2) is 43.3 Å². The second kappa shape index (κ2) is 5.80. The Balaban J connectivity index is 1.33. The van der Waals surface area contributed by atoms with Gasteiger partial charge in [-0.25, -0.2) is 0 Å². The molecule has 2 fully saturated rings. The van der Waals surface area contributed by atoms with Gasteiger partial charge in [-0.05, 0) is 42.9 Å². The largest absolute Gasteiger partial charge is 0.454 e. The van der Waals surface area contributed by atoms with Crippen LogP contribution >= 0.6 is 0 Å². The summed E-state index contributed by atoms with van der Waals surface area (Å²) in [5.74, 6) is 2.56. The molecule has 3 aliphatic heterocycles. The summed E-state index contributed by atoms with van der Waals surface area (Å²) in [4.78, 5) is 13.7. The summed E-state index contributed by atoms with van der Waals surface area (Å²) in [6.07, 6.45) is 3.93. The van der Waals surface area contributed by atoms with E-state index in [0.29, 0.717) is 24.7 Å². The maximum atomic E-state index is 11.7. The lowest BCUT2D eigenvalue weighted by Gasteiger charge is -2.18. The second-order valence-corrected chi connectivity index (χ2v) is 6.42. The summed E-state index contributed by atoms with van der Waals surface area (Å²) >= 11 is 0. The van der Waals surface area contributed by atoms with Gasteiger partial charge in [-0.1, -0.05) is 6.07 Å². The van der Waals surface area contributed by atoms with E-state index in [-0.39, 0.29) is 0 Å². The van der Waals surface area contributed by atoms with Gasteiger partial charge in [0.15, 0.2) is 11.5 Å². The lowest BCUT2D eigenvalue weighted by atomic mass is 9.95. The summed E-state index contributed by atoms with van der Waals surface area (Å²) in [6.45, 7) is 3.16. The van der Waals surface area contributed by atoms with Gasteiger partial charge in [0.25, 0.3) is 0 Å². The molecule has 3 aliphatic rings. The second-order valence-electron chi connectivity index (χ2n) is 6.42. The van der Waals surface area contributed by atoms with Gasteiger partial charge >= 0.3 is 0 Å². The van der Waals surface area contributed by atoms with Crippen molar-refractivity contribution in [2.45, 2.75) is 37.6 Å². The summed E-state index contributed by atoms with van der Waals surface area (Å²) in [5.41, 5.74) is 1.32. The maximum absolute atomic E-state index is 11.7. The minimum Gasteiger partial charge on any atom is -0.454 e. The van der Waals surface area contributed by atoms with Gasteiger partial charge in [-0.15, -0.1) is 0 Å². The number of amides is 1. The van der Waals surface area contributed by atoms with E-state index in [9.17, 15) is 4.79 Å². The number of rotatable bonds is 4. The Morgan fingerprint density at radius 1 is 1.27 bits per heavy atom. The van der Waals surface area contributed by atoms with Crippen molar-refractivity contribution >= 4 is 5.91 Å². The summed E-state index contributed by atoms with van der Waals surface area (Å²) in [7, 11) is 0. The third kappa shape index (κ3) is 2.65. The van der Waals surface area contributed by atoms with Gasteiger partial charge in [0.05, 0.1) is 0 Å². The van der Waals surface area contributed by atoms with Crippen molar-refractivity contribution in [3.05, 3.63) is 23.8 Å². The average molecular weight is 302 g/mol. The molecule has 5 nitrogen and oxygen atoms in total. The molecule has 0 radical (unpaired) electrons. The predicted molar refractivity (Wildman–Crippen MR) is 82.1 cm³/mol. The Hall–Kier alpha value is -1.75. The van der Waals surface area contributed by atoms with Crippen molar-refractivity contribution < 1.29 is 14.3 Å². The number of hydrogen-bond acceptors (Lipinski definition) is 4. The van der Waals surface area contributed by atoms with Crippen molar-refractivity contribution in [1.82, 2.24) is 10.2 Å². The summed E-state index contributed by atoms with van der Waals surface area (Å²) < 4.78 is 10.8. The molecule has 2 saturated heterocycles. The van der Waals surface area contributed by atoms with Crippen LogP contribution in [0.25, 0.3) is 0 Å². The van der Waals surface area contributed by atoms with E-state index in [1.165, 1.54) is 5.56 Å². The van der Waals surface area contributed by atoms with E-state index < -0.39 is 0 Å². The molecule has 1 aromatic carbocycles. The number of likely N-dealkylation sites (tertiary alicyclic amines) is 1. The van der Waals surface area contributed by atoms with Crippen LogP contribution in [0.2, 0.25) is 0 Å². The first kappa shape index (κ1) is 13.9. The van der Waals surface area contributed by atoms with Crippen LogP contribution in [0.1, 0.15) is 37.2 Å². The first-order valence-electron chi connectivity index (χ1n) is 8.20. The van der Waals surface area contributed by atoms with Crippen molar-refractivity contribution in [2.24, 2.45) is 0 Å². The van der Waals surface area contributed by atoms with Crippen LogP contribution in [0.3, 0.4) is 0 Å². The molecule has 0 aliphatic carbocycles. The number of ether oxygens (including phenoxy) is 2. The van der Waals surface area contributed by atoms with Crippen LogP contribution in [-0.2, 0) is 4.79 Å². The fourth-order valence-electron chi connectivity index (χ4n) is 3.71. The highest BCUT2D eigenvalue weighted by Crippen LogP contribution is 2.37. The number of carbonyl (C=O) groups is 1. The number of fused-ring (bicyclic) bond motifs is 1. The monoisotopic (exact) mass is 302 g/mol. The number of nitrogens with one attached hydrogen (secondary N) is 1. The minimum atomic E-state index is 0.324. The standard InChI is InChI=1S/C17H22N2O3/c20-17-2-1-6-19(17)7-5-14-8-13(10-18-14)12-3-4-15-16(9-12)22-11-21-15/h3-4,9,13-14,18H,1-2,5-8,10-11H2. The molecular weight excluding hydrogens is 280 g/mol. The zero-order valence-electron chi connectivity index (χ0n) is 12.7. The van der Waals surface area contributed by atoms with E-state index >= 15 is 0 Å². The van der Waals surface area contributed by atoms with Crippen molar-refractivity contribution in [1.29, 1.82) is 0 Å². The van der Waals surface area contributed by atoms with Gasteiger partial charge in [-0.3, -0.25) is 4.79 Å². The number of nitrogens with zero attached hydrogens (tertiary/aromatic N) is 1. The van der Waals surface area contributed by atoms with Crippen LogP contribution in [0.4, 0.5) is 0 Å². The Bertz CT molecular complexity index is 575. The molecule has 3 heterocycles. The first-order chi connectivity index (χ1) is 10.8. The zero-order chi connectivity index (χ0) is 14.9. The molecule has 0 saturated carbocycles. The van der Waals surface area contributed by atoms with Crippen LogP contribution in [0.15, 0.2) is 18.2 Å². The van der Waals surface area contributed by atoms with Gasteiger partial charge in [0, 0.05) is 32.1 Å². The highest BCUT2D eigenvalue weighted by Gasteiger charge is 2.28. The normalized spacial score (nSPS) is 26.9. The van der Waals surface area contributed by atoms with Crippen LogP contribution < -0.4 is 14.8 Å². The van der Waals surface area contributed by atoms with Crippen molar-refractivity contribution in [3.8, 4) is 11.5 Å². The molecule has 118 valence electrons. The van der Waals surface area contributed by atoms with E-state index in [2.05, 4.69) is 17.4 Å². The lowest BCUT2D eigenvalue weighted by Crippen LogP contribution is -2.31. The molecule has 1 amide bonds. The number of carbonyl (C=O) groups excluding carboxylic acids is 1. The highest BCUT2D eigenvalue weighted by atomic mass is 16.7.